The number of hydrazone groups is 1. The topological polar surface area (TPSA) is 78.4 Å². The molecule has 26 heavy (non-hydrogen) atoms. The highest BCUT2D eigenvalue weighted by molar-refractivity contribution is 5.89. The van der Waals surface area contributed by atoms with Gasteiger partial charge in [-0.25, -0.2) is 9.82 Å². The van der Waals surface area contributed by atoms with Gasteiger partial charge in [0.05, 0.1) is 33.1 Å². The van der Waals surface area contributed by atoms with Crippen molar-refractivity contribution in [2.75, 3.05) is 27.9 Å². The van der Waals surface area contributed by atoms with E-state index in [1.54, 1.807) is 18.2 Å². The van der Waals surface area contributed by atoms with E-state index in [-0.39, 0.29) is 12.4 Å². The number of hydrogen-bond acceptors (Lipinski definition) is 6. The smallest absolute Gasteiger partial charge is 0.277 e. The molecular weight excluding hydrogens is 343 g/mol. The van der Waals surface area contributed by atoms with Gasteiger partial charge in [0.15, 0.2) is 18.2 Å². The van der Waals surface area contributed by atoms with E-state index in [0.29, 0.717) is 22.8 Å². The third kappa shape index (κ3) is 4.85. The first-order chi connectivity index (χ1) is 12.6. The lowest BCUT2D eigenvalue weighted by Gasteiger charge is -2.12. The summed E-state index contributed by atoms with van der Waals surface area (Å²) in [5.41, 5.74) is 2.81. The predicted octanol–water partition coefficient (Wildman–Crippen LogP) is 2.38. The van der Waals surface area contributed by atoms with Crippen molar-refractivity contribution < 1.29 is 28.1 Å². The van der Waals surface area contributed by atoms with Crippen molar-refractivity contribution in [2.24, 2.45) is 5.10 Å². The molecule has 0 aliphatic carbocycles. The maximum atomic E-state index is 13.4. The van der Waals surface area contributed by atoms with Crippen molar-refractivity contribution in [3.8, 4) is 23.0 Å². The third-order valence-electron chi connectivity index (χ3n) is 3.33. The Labute approximate surface area is 150 Å². The molecule has 0 bridgehead atoms. The van der Waals surface area contributed by atoms with Gasteiger partial charge in [-0.3, -0.25) is 4.79 Å². The number of benzene rings is 2. The largest absolute Gasteiger partial charge is 0.496 e. The number of carbonyl (C=O) groups excluding carboxylic acids is 1. The molecule has 0 aliphatic heterocycles. The molecule has 138 valence electrons. The second-order valence-corrected chi connectivity index (χ2v) is 4.96. The Morgan fingerprint density at radius 3 is 2.31 bits per heavy atom. The molecule has 0 fully saturated rings. The molecule has 1 N–H and O–H groups in total. The maximum Gasteiger partial charge on any atom is 0.277 e. The van der Waals surface area contributed by atoms with Crippen molar-refractivity contribution >= 4 is 12.1 Å². The fraction of sp³-hybridized carbons (Fsp3) is 0.222. The fourth-order valence-corrected chi connectivity index (χ4v) is 2.07. The molecule has 2 rings (SSSR count). The van der Waals surface area contributed by atoms with Crippen molar-refractivity contribution in [3.63, 3.8) is 0 Å². The van der Waals surface area contributed by atoms with E-state index in [1.807, 2.05) is 0 Å². The van der Waals surface area contributed by atoms with Gasteiger partial charge < -0.3 is 18.9 Å². The summed E-state index contributed by atoms with van der Waals surface area (Å²) in [4.78, 5) is 11.8. The number of rotatable bonds is 8. The lowest BCUT2D eigenvalue weighted by Crippen LogP contribution is -2.24. The quantitative estimate of drug-likeness (QED) is 0.576. The molecule has 0 radical (unpaired) electrons. The summed E-state index contributed by atoms with van der Waals surface area (Å²) >= 11 is 0. The zero-order valence-corrected chi connectivity index (χ0v) is 14.6. The van der Waals surface area contributed by atoms with Gasteiger partial charge >= 0.3 is 0 Å². The highest BCUT2D eigenvalue weighted by atomic mass is 19.1. The van der Waals surface area contributed by atoms with Crippen molar-refractivity contribution in [1.29, 1.82) is 0 Å². The monoisotopic (exact) mass is 362 g/mol. The Morgan fingerprint density at radius 2 is 1.73 bits per heavy atom. The third-order valence-corrected chi connectivity index (χ3v) is 3.33. The van der Waals surface area contributed by atoms with E-state index >= 15 is 0 Å². The lowest BCUT2D eigenvalue weighted by molar-refractivity contribution is -0.123. The van der Waals surface area contributed by atoms with Crippen molar-refractivity contribution in [3.05, 3.63) is 47.8 Å². The SMILES string of the molecule is COc1cc(OC)c(/C=N\NC(=O)COc2ccccc2F)c(OC)c1. The summed E-state index contributed by atoms with van der Waals surface area (Å²) in [6, 6.07) is 9.13. The van der Waals surface area contributed by atoms with E-state index < -0.39 is 11.7 Å². The maximum absolute atomic E-state index is 13.4. The molecule has 2 aromatic rings. The molecule has 0 aromatic heterocycles. The Morgan fingerprint density at radius 1 is 1.08 bits per heavy atom. The second-order valence-electron chi connectivity index (χ2n) is 4.96. The zero-order chi connectivity index (χ0) is 18.9. The average molecular weight is 362 g/mol. The van der Waals surface area contributed by atoms with Crippen LogP contribution in [0.3, 0.4) is 0 Å². The molecule has 0 unspecified atom stereocenters. The summed E-state index contributed by atoms with van der Waals surface area (Å²) in [5.74, 6) is 0.374. The minimum Gasteiger partial charge on any atom is -0.496 e. The first-order valence-electron chi connectivity index (χ1n) is 7.58. The van der Waals surface area contributed by atoms with Crippen molar-refractivity contribution in [2.45, 2.75) is 0 Å². The van der Waals surface area contributed by atoms with Crippen LogP contribution in [0.25, 0.3) is 0 Å². The highest BCUT2D eigenvalue weighted by Gasteiger charge is 2.12. The van der Waals surface area contributed by atoms with Gasteiger partial charge in [-0.05, 0) is 12.1 Å². The van der Waals surface area contributed by atoms with E-state index in [4.69, 9.17) is 18.9 Å². The predicted molar refractivity (Wildman–Crippen MR) is 93.7 cm³/mol. The van der Waals surface area contributed by atoms with Crippen LogP contribution in [0.2, 0.25) is 0 Å². The molecule has 0 saturated carbocycles. The van der Waals surface area contributed by atoms with Crippen LogP contribution >= 0.6 is 0 Å². The molecule has 2 aromatic carbocycles. The van der Waals surface area contributed by atoms with Crippen LogP contribution in [0.1, 0.15) is 5.56 Å². The number of ether oxygens (including phenoxy) is 4. The Bertz CT molecular complexity index is 770. The van der Waals surface area contributed by atoms with E-state index in [0.717, 1.165) is 0 Å². The number of carbonyl (C=O) groups is 1. The van der Waals surface area contributed by atoms with Gasteiger partial charge in [-0.2, -0.15) is 5.10 Å². The Balaban J connectivity index is 2.01. The van der Waals surface area contributed by atoms with Crippen LogP contribution in [0, 0.1) is 5.82 Å². The molecule has 0 heterocycles. The number of nitrogens with zero attached hydrogens (tertiary/aromatic N) is 1. The highest BCUT2D eigenvalue weighted by Crippen LogP contribution is 2.32. The number of amides is 1. The fourth-order valence-electron chi connectivity index (χ4n) is 2.07. The molecule has 1 amide bonds. The number of para-hydroxylation sites is 1. The summed E-state index contributed by atoms with van der Waals surface area (Å²) in [5, 5.41) is 3.85. The van der Waals surface area contributed by atoms with E-state index in [1.165, 1.54) is 45.7 Å². The summed E-state index contributed by atoms with van der Waals surface area (Å²) in [6.07, 6.45) is 1.37. The summed E-state index contributed by atoms with van der Waals surface area (Å²) < 4.78 is 34.2. The molecule has 8 heteroatoms. The molecular formula is C18H19FN2O5. The molecule has 0 aliphatic rings. The number of methoxy groups -OCH3 is 3. The van der Waals surface area contributed by atoms with E-state index in [9.17, 15) is 9.18 Å². The van der Waals surface area contributed by atoms with Gasteiger partial charge in [0.25, 0.3) is 5.91 Å². The van der Waals surface area contributed by atoms with Crippen LogP contribution in [-0.2, 0) is 4.79 Å². The molecule has 0 atom stereocenters. The van der Waals surface area contributed by atoms with E-state index in [2.05, 4.69) is 10.5 Å². The van der Waals surface area contributed by atoms with Crippen molar-refractivity contribution in [1.82, 2.24) is 5.43 Å². The second kappa shape index (κ2) is 9.26. The normalized spacial score (nSPS) is 10.5. The molecule has 7 nitrogen and oxygen atoms in total. The average Bonchev–Trinajstić information content (AvgIpc) is 2.67. The zero-order valence-electron chi connectivity index (χ0n) is 14.6. The number of nitrogens with one attached hydrogen (secondary N) is 1. The minimum absolute atomic E-state index is 0.00915. The van der Waals surface area contributed by atoms with Crippen LogP contribution in [0.5, 0.6) is 23.0 Å². The van der Waals surface area contributed by atoms with Gasteiger partial charge in [-0.1, -0.05) is 12.1 Å². The first-order valence-corrected chi connectivity index (χ1v) is 7.58. The van der Waals surface area contributed by atoms with Gasteiger partial charge in [0.2, 0.25) is 0 Å². The Hall–Kier alpha value is -3.29. The lowest BCUT2D eigenvalue weighted by atomic mass is 10.2. The minimum atomic E-state index is -0.545. The molecule has 0 spiro atoms. The number of halogens is 1. The Kier molecular flexibility index (Phi) is 6.78. The molecule has 0 saturated heterocycles. The van der Waals surface area contributed by atoms with Gasteiger partial charge in [0, 0.05) is 12.1 Å². The summed E-state index contributed by atoms with van der Waals surface area (Å²) in [7, 11) is 4.51. The van der Waals surface area contributed by atoms with Gasteiger partial charge in [-0.15, -0.1) is 0 Å². The standard InChI is InChI=1S/C18H19FN2O5/c1-23-12-8-16(24-2)13(17(9-12)25-3)10-20-21-18(22)11-26-15-7-5-4-6-14(15)19/h4-10H,11H2,1-3H3,(H,21,22)/b20-10-. The summed E-state index contributed by atoms with van der Waals surface area (Å²) in [6.45, 7) is -0.380. The van der Waals surface area contributed by atoms with Gasteiger partial charge in [0.1, 0.15) is 17.2 Å². The van der Waals surface area contributed by atoms with Crippen LogP contribution in [-0.4, -0.2) is 40.1 Å². The first kappa shape index (κ1) is 19.0. The van der Waals surface area contributed by atoms with Crippen LogP contribution in [0.4, 0.5) is 4.39 Å². The van der Waals surface area contributed by atoms with Crippen LogP contribution < -0.4 is 24.4 Å². The number of hydrogen-bond donors (Lipinski definition) is 1. The van der Waals surface area contributed by atoms with Crippen LogP contribution in [0.15, 0.2) is 41.5 Å².